The summed E-state index contributed by atoms with van der Waals surface area (Å²) in [6, 6.07) is 1.89. The van der Waals surface area contributed by atoms with E-state index in [1.165, 1.54) is 31.3 Å². The second-order valence-electron chi connectivity index (χ2n) is 5.35. The maximum Gasteiger partial charge on any atom is 0.267 e. The number of nitrogens with one attached hydrogen (secondary N) is 1. The Morgan fingerprint density at radius 1 is 1.45 bits per heavy atom. The first-order chi connectivity index (χ1) is 9.70. The Labute approximate surface area is 129 Å². The molecule has 0 saturated carbocycles. The predicted octanol–water partition coefficient (Wildman–Crippen LogP) is 4.28. The molecule has 0 spiro atoms. The summed E-state index contributed by atoms with van der Waals surface area (Å²) in [6.07, 6.45) is 11.3. The molecule has 1 N–H and O–H groups in total. The summed E-state index contributed by atoms with van der Waals surface area (Å²) >= 11 is 3.44. The number of hydrogen-bond acceptors (Lipinski definition) is 1. The number of allylic oxidation sites excluding steroid dienone is 1. The van der Waals surface area contributed by atoms with E-state index in [1.54, 1.807) is 0 Å². The number of aromatic nitrogens is 1. The second-order valence-corrected chi connectivity index (χ2v) is 6.27. The number of amides is 1. The topological polar surface area (TPSA) is 34.0 Å². The van der Waals surface area contributed by atoms with Gasteiger partial charge in [-0.3, -0.25) is 4.79 Å². The van der Waals surface area contributed by atoms with Crippen molar-refractivity contribution in [1.82, 2.24) is 9.88 Å². The Balaban J connectivity index is 1.86. The van der Waals surface area contributed by atoms with Gasteiger partial charge in [0.05, 0.1) is 0 Å². The molecule has 1 aliphatic rings. The number of halogens is 1. The number of carbonyl (C=O) groups excluding carboxylic acids is 1. The first kappa shape index (κ1) is 15.4. The van der Waals surface area contributed by atoms with Crippen LogP contribution in [0.2, 0.25) is 0 Å². The van der Waals surface area contributed by atoms with Crippen LogP contribution in [0.1, 0.15) is 55.9 Å². The molecule has 0 saturated heterocycles. The van der Waals surface area contributed by atoms with Crippen LogP contribution in [0.4, 0.5) is 0 Å². The van der Waals surface area contributed by atoms with Gasteiger partial charge in [0.25, 0.3) is 5.91 Å². The summed E-state index contributed by atoms with van der Waals surface area (Å²) in [5.74, 6) is 0.0283. The van der Waals surface area contributed by atoms with Crippen molar-refractivity contribution in [3.63, 3.8) is 0 Å². The van der Waals surface area contributed by atoms with Gasteiger partial charge in [-0.25, -0.2) is 0 Å². The van der Waals surface area contributed by atoms with Gasteiger partial charge in [0, 0.05) is 23.8 Å². The lowest BCUT2D eigenvalue weighted by atomic mass is 9.97. The fourth-order valence-electron chi connectivity index (χ4n) is 2.65. The van der Waals surface area contributed by atoms with Crippen molar-refractivity contribution in [1.29, 1.82) is 0 Å². The van der Waals surface area contributed by atoms with Gasteiger partial charge in [0.2, 0.25) is 0 Å². The van der Waals surface area contributed by atoms with Crippen molar-refractivity contribution in [2.24, 2.45) is 0 Å². The van der Waals surface area contributed by atoms with Gasteiger partial charge in [-0.2, -0.15) is 0 Å². The molecule has 1 aromatic rings. The Kier molecular flexibility index (Phi) is 5.89. The van der Waals surface area contributed by atoms with Crippen LogP contribution in [0.25, 0.3) is 0 Å². The predicted molar refractivity (Wildman–Crippen MR) is 85.9 cm³/mol. The van der Waals surface area contributed by atoms with E-state index in [9.17, 15) is 4.79 Å². The number of carbonyl (C=O) groups is 1. The molecule has 20 heavy (non-hydrogen) atoms. The van der Waals surface area contributed by atoms with Crippen molar-refractivity contribution >= 4 is 21.8 Å². The SMILES string of the molecule is CCCn1cc(Br)cc1C(=O)NCCC1=CCCCC1. The van der Waals surface area contributed by atoms with Gasteiger partial charge in [-0.15, -0.1) is 0 Å². The Hall–Kier alpha value is -1.03. The zero-order chi connectivity index (χ0) is 14.4. The molecule has 0 radical (unpaired) electrons. The molecule has 0 unspecified atom stereocenters. The fraction of sp³-hybridized carbons (Fsp3) is 0.562. The van der Waals surface area contributed by atoms with E-state index in [-0.39, 0.29) is 5.91 Å². The third-order valence-electron chi connectivity index (χ3n) is 3.68. The van der Waals surface area contributed by atoms with E-state index < -0.39 is 0 Å². The van der Waals surface area contributed by atoms with Crippen LogP contribution >= 0.6 is 15.9 Å². The van der Waals surface area contributed by atoms with E-state index in [0.29, 0.717) is 0 Å². The highest BCUT2D eigenvalue weighted by atomic mass is 79.9. The number of aryl methyl sites for hydroxylation is 1. The third-order valence-corrected chi connectivity index (χ3v) is 4.11. The first-order valence-corrected chi connectivity index (χ1v) is 8.31. The number of rotatable bonds is 6. The van der Waals surface area contributed by atoms with Crippen LogP contribution in [0.15, 0.2) is 28.4 Å². The molecule has 1 amide bonds. The van der Waals surface area contributed by atoms with Crippen LogP contribution in [0.3, 0.4) is 0 Å². The molecule has 0 fully saturated rings. The van der Waals surface area contributed by atoms with Gasteiger partial charge >= 0.3 is 0 Å². The number of hydrogen-bond donors (Lipinski definition) is 1. The van der Waals surface area contributed by atoms with Gasteiger partial charge < -0.3 is 9.88 Å². The van der Waals surface area contributed by atoms with E-state index in [4.69, 9.17) is 0 Å². The maximum absolute atomic E-state index is 12.2. The van der Waals surface area contributed by atoms with Gasteiger partial charge in [0.15, 0.2) is 0 Å². The summed E-state index contributed by atoms with van der Waals surface area (Å²) in [4.78, 5) is 12.2. The zero-order valence-corrected chi connectivity index (χ0v) is 13.7. The lowest BCUT2D eigenvalue weighted by Gasteiger charge is -2.13. The summed E-state index contributed by atoms with van der Waals surface area (Å²) < 4.78 is 2.98. The Morgan fingerprint density at radius 2 is 2.30 bits per heavy atom. The lowest BCUT2D eigenvalue weighted by Crippen LogP contribution is -2.27. The Morgan fingerprint density at radius 3 is 3.00 bits per heavy atom. The average molecular weight is 339 g/mol. The molecule has 110 valence electrons. The van der Waals surface area contributed by atoms with Crippen molar-refractivity contribution in [3.8, 4) is 0 Å². The van der Waals surface area contributed by atoms with Crippen LogP contribution < -0.4 is 5.32 Å². The van der Waals surface area contributed by atoms with Crippen molar-refractivity contribution < 1.29 is 4.79 Å². The average Bonchev–Trinajstić information content (AvgIpc) is 2.81. The van der Waals surface area contributed by atoms with Gasteiger partial charge in [0.1, 0.15) is 5.69 Å². The molecular weight excluding hydrogens is 316 g/mol. The summed E-state index contributed by atoms with van der Waals surface area (Å²) in [5, 5.41) is 3.04. The minimum absolute atomic E-state index is 0.0283. The van der Waals surface area contributed by atoms with Crippen molar-refractivity contribution in [2.45, 2.75) is 52.0 Å². The smallest absolute Gasteiger partial charge is 0.267 e. The van der Waals surface area contributed by atoms with Gasteiger partial charge in [-0.1, -0.05) is 18.6 Å². The summed E-state index contributed by atoms with van der Waals surface area (Å²) in [5.41, 5.74) is 2.25. The molecule has 1 aliphatic carbocycles. The fourth-order valence-corrected chi connectivity index (χ4v) is 3.11. The molecule has 0 atom stereocenters. The highest BCUT2D eigenvalue weighted by Gasteiger charge is 2.12. The zero-order valence-electron chi connectivity index (χ0n) is 12.1. The molecule has 0 aromatic carbocycles. The molecule has 4 heteroatoms. The van der Waals surface area contributed by atoms with Gasteiger partial charge in [-0.05, 0) is 60.5 Å². The Bertz CT molecular complexity index is 491. The maximum atomic E-state index is 12.2. The normalized spacial score (nSPS) is 15.0. The molecule has 3 nitrogen and oxygen atoms in total. The van der Waals surface area contributed by atoms with E-state index in [2.05, 4.69) is 34.2 Å². The standard InChI is InChI=1S/C16H23BrN2O/c1-2-10-19-12-14(17)11-15(19)16(20)18-9-8-13-6-4-3-5-7-13/h6,11-12H,2-5,7-10H2,1H3,(H,18,20). The lowest BCUT2D eigenvalue weighted by molar-refractivity contribution is 0.0944. The second kappa shape index (κ2) is 7.67. The molecular formula is C16H23BrN2O. The largest absolute Gasteiger partial charge is 0.350 e. The van der Waals surface area contributed by atoms with Crippen LogP contribution in [-0.4, -0.2) is 17.0 Å². The summed E-state index contributed by atoms with van der Waals surface area (Å²) in [6.45, 7) is 3.73. The highest BCUT2D eigenvalue weighted by Crippen LogP contribution is 2.19. The van der Waals surface area contributed by atoms with E-state index >= 15 is 0 Å². The van der Waals surface area contributed by atoms with E-state index in [1.807, 2.05) is 16.8 Å². The highest BCUT2D eigenvalue weighted by molar-refractivity contribution is 9.10. The minimum atomic E-state index is 0.0283. The van der Waals surface area contributed by atoms with Crippen molar-refractivity contribution in [2.75, 3.05) is 6.54 Å². The molecule has 1 aromatic heterocycles. The van der Waals surface area contributed by atoms with Crippen molar-refractivity contribution in [3.05, 3.63) is 34.1 Å². The van der Waals surface area contributed by atoms with Crippen LogP contribution in [-0.2, 0) is 6.54 Å². The van der Waals surface area contributed by atoms with Crippen LogP contribution in [0, 0.1) is 0 Å². The third kappa shape index (κ3) is 4.23. The molecule has 2 rings (SSSR count). The molecule has 0 bridgehead atoms. The quantitative estimate of drug-likeness (QED) is 0.771. The first-order valence-electron chi connectivity index (χ1n) is 7.52. The molecule has 1 heterocycles. The minimum Gasteiger partial charge on any atom is -0.350 e. The monoisotopic (exact) mass is 338 g/mol. The molecule has 0 aliphatic heterocycles. The van der Waals surface area contributed by atoms with E-state index in [0.717, 1.165) is 36.1 Å². The van der Waals surface area contributed by atoms with Crippen LogP contribution in [0.5, 0.6) is 0 Å². The summed E-state index contributed by atoms with van der Waals surface area (Å²) in [7, 11) is 0. The number of nitrogens with zero attached hydrogens (tertiary/aromatic N) is 1.